The Hall–Kier alpha value is -1.27. The lowest BCUT2D eigenvalue weighted by atomic mass is 10.3. The number of hydrogen-bond donors (Lipinski definition) is 0. The second kappa shape index (κ2) is 6.46. The second-order valence-electron chi connectivity index (χ2n) is 3.05. The molecule has 0 heterocycles. The van der Waals surface area contributed by atoms with Crippen molar-refractivity contribution in [3.05, 3.63) is 11.6 Å². The molecule has 17 heavy (non-hydrogen) atoms. The Kier molecular flexibility index (Phi) is 5.98. The van der Waals surface area contributed by atoms with Crippen molar-refractivity contribution in [2.45, 2.75) is 26.9 Å². The fourth-order valence-corrected chi connectivity index (χ4v) is 1.16. The molecule has 7 heteroatoms. The Labute approximate surface area is 97.0 Å². The van der Waals surface area contributed by atoms with E-state index in [2.05, 4.69) is 4.74 Å². The van der Waals surface area contributed by atoms with Gasteiger partial charge in [-0.3, -0.25) is 4.79 Å². The summed E-state index contributed by atoms with van der Waals surface area (Å²) in [6.45, 7) is 4.25. The highest BCUT2D eigenvalue weighted by Crippen LogP contribution is 2.30. The quantitative estimate of drug-likeness (QED) is 0.430. The normalized spacial score (nSPS) is 13.1. The van der Waals surface area contributed by atoms with E-state index in [1.807, 2.05) is 0 Å². The Bertz CT molecular complexity index is 295. The molecule has 0 rings (SSSR count). The van der Waals surface area contributed by atoms with Crippen molar-refractivity contribution in [2.75, 3.05) is 19.7 Å². The summed E-state index contributed by atoms with van der Waals surface area (Å²) in [4.78, 5) is 12.3. The lowest BCUT2D eigenvalue weighted by molar-refractivity contribution is -0.141. The van der Waals surface area contributed by atoms with Crippen LogP contribution in [0.3, 0.4) is 0 Å². The van der Waals surface area contributed by atoms with Crippen molar-refractivity contribution in [3.8, 4) is 0 Å². The summed E-state index contributed by atoms with van der Waals surface area (Å²) < 4.78 is 54.8. The zero-order valence-electron chi connectivity index (χ0n) is 9.90. The summed E-state index contributed by atoms with van der Waals surface area (Å²) in [7, 11) is 0. The van der Waals surface area contributed by atoms with E-state index in [4.69, 9.17) is 0 Å². The van der Waals surface area contributed by atoms with Crippen LogP contribution in [0.25, 0.3) is 0 Å². The summed E-state index contributed by atoms with van der Waals surface area (Å²) in [5.74, 6) is -5.07. The number of likely N-dealkylation sites (N-methyl/N-ethyl adjacent to an activating group) is 1. The Balaban J connectivity index is 5.26. The molecule has 0 aliphatic rings. The number of rotatable bonds is 5. The maximum atomic E-state index is 13.4. The van der Waals surface area contributed by atoms with Gasteiger partial charge in [-0.1, -0.05) is 0 Å². The van der Waals surface area contributed by atoms with Crippen LogP contribution in [-0.4, -0.2) is 36.7 Å². The average Bonchev–Trinajstić information content (AvgIpc) is 2.25. The average molecular weight is 257 g/mol. The zero-order chi connectivity index (χ0) is 13.6. The van der Waals surface area contributed by atoms with Gasteiger partial charge >= 0.3 is 6.18 Å². The van der Waals surface area contributed by atoms with E-state index in [1.165, 1.54) is 6.92 Å². The van der Waals surface area contributed by atoms with Gasteiger partial charge < -0.3 is 9.64 Å². The molecular weight excluding hydrogens is 242 g/mol. The summed E-state index contributed by atoms with van der Waals surface area (Å²) in [5, 5.41) is 0. The highest BCUT2D eigenvalue weighted by atomic mass is 19.4. The third-order valence-electron chi connectivity index (χ3n) is 1.98. The smallest absolute Gasteiger partial charge is 0.452 e. The summed E-state index contributed by atoms with van der Waals surface area (Å²) in [5.41, 5.74) is 0. The molecule has 0 fully saturated rings. The number of allylic oxidation sites excluding steroid dienone is 1. The van der Waals surface area contributed by atoms with Crippen LogP contribution in [0.4, 0.5) is 17.6 Å². The van der Waals surface area contributed by atoms with Crippen LogP contribution in [0.5, 0.6) is 0 Å². The maximum Gasteiger partial charge on any atom is 0.452 e. The van der Waals surface area contributed by atoms with Gasteiger partial charge in [0.2, 0.25) is 11.6 Å². The summed E-state index contributed by atoms with van der Waals surface area (Å²) >= 11 is 0. The van der Waals surface area contributed by atoms with Gasteiger partial charge in [-0.15, -0.1) is 0 Å². The molecule has 0 aliphatic heterocycles. The molecule has 0 spiro atoms. The van der Waals surface area contributed by atoms with Gasteiger partial charge in [-0.25, -0.2) is 0 Å². The molecule has 0 unspecified atom stereocenters. The maximum absolute atomic E-state index is 13.4. The van der Waals surface area contributed by atoms with Crippen LogP contribution in [0.15, 0.2) is 11.6 Å². The molecule has 1 amide bonds. The zero-order valence-corrected chi connectivity index (χ0v) is 9.90. The monoisotopic (exact) mass is 257 g/mol. The third kappa shape index (κ3) is 4.24. The van der Waals surface area contributed by atoms with Crippen LogP contribution < -0.4 is 0 Å². The fraction of sp³-hybridized carbons (Fsp3) is 0.700. The summed E-state index contributed by atoms with van der Waals surface area (Å²) in [6.07, 6.45) is -5.01. The Morgan fingerprint density at radius 1 is 1.18 bits per heavy atom. The standard InChI is InChI=1S/C10H15F4NO2/c1-4-15(5-2)9(16)7(11)8(17-6-3)10(12,13)14/h4-6H2,1-3H3/b8-7+. The predicted molar refractivity (Wildman–Crippen MR) is 53.7 cm³/mol. The topological polar surface area (TPSA) is 29.5 Å². The molecule has 0 aromatic rings. The molecule has 0 N–H and O–H groups in total. The van der Waals surface area contributed by atoms with Gasteiger partial charge in [0.15, 0.2) is 0 Å². The lowest BCUT2D eigenvalue weighted by Gasteiger charge is -2.19. The van der Waals surface area contributed by atoms with E-state index in [1.54, 1.807) is 13.8 Å². The predicted octanol–water partition coefficient (Wildman–Crippen LogP) is 2.63. The van der Waals surface area contributed by atoms with E-state index < -0.39 is 23.7 Å². The molecular formula is C10H15F4NO2. The molecule has 100 valence electrons. The second-order valence-corrected chi connectivity index (χ2v) is 3.05. The molecule has 3 nitrogen and oxygen atoms in total. The molecule has 0 bridgehead atoms. The van der Waals surface area contributed by atoms with Crippen molar-refractivity contribution >= 4 is 5.91 Å². The molecule has 0 saturated heterocycles. The van der Waals surface area contributed by atoms with E-state index in [-0.39, 0.29) is 19.7 Å². The first-order valence-corrected chi connectivity index (χ1v) is 5.18. The van der Waals surface area contributed by atoms with Gasteiger partial charge in [0.05, 0.1) is 6.61 Å². The molecule has 0 aromatic heterocycles. The molecule has 0 saturated carbocycles. The van der Waals surface area contributed by atoms with E-state index in [0.29, 0.717) is 0 Å². The van der Waals surface area contributed by atoms with Crippen LogP contribution >= 0.6 is 0 Å². The Morgan fingerprint density at radius 3 is 1.94 bits per heavy atom. The lowest BCUT2D eigenvalue weighted by Crippen LogP contribution is -2.33. The molecule has 0 aromatic carbocycles. The SMILES string of the molecule is CCO/C(=C(/F)C(=O)N(CC)CC)C(F)(F)F. The largest absolute Gasteiger partial charge is 0.487 e. The van der Waals surface area contributed by atoms with Gasteiger partial charge in [-0.2, -0.15) is 17.6 Å². The first kappa shape index (κ1) is 15.7. The van der Waals surface area contributed by atoms with Crippen LogP contribution in [0.1, 0.15) is 20.8 Å². The first-order chi connectivity index (χ1) is 7.79. The van der Waals surface area contributed by atoms with Crippen LogP contribution in [0, 0.1) is 0 Å². The van der Waals surface area contributed by atoms with Gasteiger partial charge in [0.1, 0.15) is 0 Å². The van der Waals surface area contributed by atoms with Gasteiger partial charge in [0.25, 0.3) is 5.91 Å². The minimum atomic E-state index is -5.01. The number of alkyl halides is 3. The first-order valence-electron chi connectivity index (χ1n) is 5.18. The Morgan fingerprint density at radius 2 is 1.65 bits per heavy atom. The minimum Gasteiger partial charge on any atom is -0.487 e. The van der Waals surface area contributed by atoms with E-state index >= 15 is 0 Å². The number of hydrogen-bond acceptors (Lipinski definition) is 2. The van der Waals surface area contributed by atoms with Crippen LogP contribution in [0.2, 0.25) is 0 Å². The minimum absolute atomic E-state index is 0.125. The van der Waals surface area contributed by atoms with Crippen LogP contribution in [-0.2, 0) is 9.53 Å². The third-order valence-corrected chi connectivity index (χ3v) is 1.98. The van der Waals surface area contributed by atoms with Gasteiger partial charge in [0, 0.05) is 13.1 Å². The van der Waals surface area contributed by atoms with E-state index in [9.17, 15) is 22.4 Å². The van der Waals surface area contributed by atoms with Crippen molar-refractivity contribution in [1.29, 1.82) is 0 Å². The summed E-state index contributed by atoms with van der Waals surface area (Å²) in [6, 6.07) is 0. The number of amides is 1. The highest BCUT2D eigenvalue weighted by Gasteiger charge is 2.41. The molecule has 0 radical (unpaired) electrons. The number of carbonyl (C=O) groups is 1. The number of nitrogens with zero attached hydrogens (tertiary/aromatic N) is 1. The number of ether oxygens (including phenoxy) is 1. The van der Waals surface area contributed by atoms with Crippen molar-refractivity contribution in [3.63, 3.8) is 0 Å². The number of halogens is 4. The highest BCUT2D eigenvalue weighted by molar-refractivity contribution is 5.91. The van der Waals surface area contributed by atoms with Crippen molar-refractivity contribution in [1.82, 2.24) is 4.90 Å². The number of carbonyl (C=O) groups excluding carboxylic acids is 1. The molecule has 0 aliphatic carbocycles. The van der Waals surface area contributed by atoms with Crippen molar-refractivity contribution in [2.24, 2.45) is 0 Å². The van der Waals surface area contributed by atoms with Crippen molar-refractivity contribution < 1.29 is 27.1 Å². The van der Waals surface area contributed by atoms with E-state index in [0.717, 1.165) is 4.90 Å². The van der Waals surface area contributed by atoms with Gasteiger partial charge in [-0.05, 0) is 20.8 Å². The fourth-order valence-electron chi connectivity index (χ4n) is 1.16. The molecule has 0 atom stereocenters.